The summed E-state index contributed by atoms with van der Waals surface area (Å²) in [6.07, 6.45) is 5.58. The summed E-state index contributed by atoms with van der Waals surface area (Å²) in [6.45, 7) is 5.58. The fourth-order valence-corrected chi connectivity index (χ4v) is 4.50. The molecule has 0 saturated carbocycles. The zero-order chi connectivity index (χ0) is 22.3. The van der Waals surface area contributed by atoms with Crippen molar-refractivity contribution in [3.63, 3.8) is 0 Å². The molecule has 2 N–H and O–H groups in total. The number of piperidine rings is 1. The highest BCUT2D eigenvalue weighted by molar-refractivity contribution is 7.14. The molecule has 2 aromatic heterocycles. The first-order valence-electron chi connectivity index (χ1n) is 10.9. The molecule has 1 aliphatic rings. The Morgan fingerprint density at radius 2 is 1.84 bits per heavy atom. The SMILES string of the molecule is Cc1occc1C(=O)Nc1nc(CC(=O)NCc2ccc(CN3CCCCC3)cc2)cs1. The van der Waals surface area contributed by atoms with Crippen molar-refractivity contribution in [2.45, 2.75) is 45.7 Å². The molecule has 0 radical (unpaired) electrons. The highest BCUT2D eigenvalue weighted by atomic mass is 32.1. The van der Waals surface area contributed by atoms with Crippen LogP contribution in [0.25, 0.3) is 0 Å². The number of aryl methyl sites for hydroxylation is 1. The van der Waals surface area contributed by atoms with Crippen molar-refractivity contribution < 1.29 is 14.0 Å². The quantitative estimate of drug-likeness (QED) is 0.536. The zero-order valence-electron chi connectivity index (χ0n) is 18.2. The molecule has 3 aromatic rings. The van der Waals surface area contributed by atoms with E-state index in [1.54, 1.807) is 18.4 Å². The summed E-state index contributed by atoms with van der Waals surface area (Å²) in [5, 5.41) is 7.93. The van der Waals surface area contributed by atoms with Gasteiger partial charge in [0, 0.05) is 18.5 Å². The molecule has 0 atom stereocenters. The topological polar surface area (TPSA) is 87.5 Å². The van der Waals surface area contributed by atoms with Crippen LogP contribution in [-0.4, -0.2) is 34.8 Å². The molecule has 32 heavy (non-hydrogen) atoms. The fourth-order valence-electron chi connectivity index (χ4n) is 3.80. The van der Waals surface area contributed by atoms with Crippen molar-refractivity contribution in [1.82, 2.24) is 15.2 Å². The molecule has 1 saturated heterocycles. The number of aromatic nitrogens is 1. The molecule has 0 spiro atoms. The number of thiazole rings is 1. The van der Waals surface area contributed by atoms with Gasteiger partial charge in [-0.05, 0) is 50.0 Å². The lowest BCUT2D eigenvalue weighted by atomic mass is 10.1. The maximum Gasteiger partial charge on any atom is 0.260 e. The van der Waals surface area contributed by atoms with Crippen LogP contribution in [0.3, 0.4) is 0 Å². The molecule has 1 aromatic carbocycles. The highest BCUT2D eigenvalue weighted by Crippen LogP contribution is 2.18. The maximum absolute atomic E-state index is 12.3. The van der Waals surface area contributed by atoms with Crippen LogP contribution in [-0.2, 0) is 24.3 Å². The van der Waals surface area contributed by atoms with Gasteiger partial charge in [0.05, 0.1) is 23.9 Å². The number of hydrogen-bond acceptors (Lipinski definition) is 6. The van der Waals surface area contributed by atoms with E-state index in [4.69, 9.17) is 4.42 Å². The van der Waals surface area contributed by atoms with Crippen LogP contribution in [0.15, 0.2) is 46.4 Å². The number of hydrogen-bond donors (Lipinski definition) is 2. The van der Waals surface area contributed by atoms with E-state index in [9.17, 15) is 9.59 Å². The second kappa shape index (κ2) is 10.6. The third-order valence-electron chi connectivity index (χ3n) is 5.58. The molecule has 2 amide bonds. The van der Waals surface area contributed by atoms with Crippen LogP contribution >= 0.6 is 11.3 Å². The van der Waals surface area contributed by atoms with Crippen molar-refractivity contribution in [1.29, 1.82) is 0 Å². The van der Waals surface area contributed by atoms with E-state index < -0.39 is 0 Å². The zero-order valence-corrected chi connectivity index (χ0v) is 19.0. The van der Waals surface area contributed by atoms with Gasteiger partial charge in [-0.15, -0.1) is 11.3 Å². The third kappa shape index (κ3) is 6.05. The summed E-state index contributed by atoms with van der Waals surface area (Å²) < 4.78 is 5.15. The normalized spacial score (nSPS) is 14.3. The second-order valence-corrected chi connectivity index (χ2v) is 8.95. The minimum atomic E-state index is -0.273. The molecule has 168 valence electrons. The van der Waals surface area contributed by atoms with Crippen molar-refractivity contribution in [3.8, 4) is 0 Å². The van der Waals surface area contributed by atoms with E-state index >= 15 is 0 Å². The van der Waals surface area contributed by atoms with Gasteiger partial charge in [-0.1, -0.05) is 30.7 Å². The third-order valence-corrected chi connectivity index (χ3v) is 6.39. The molecule has 0 bridgehead atoms. The number of anilines is 1. The van der Waals surface area contributed by atoms with E-state index in [0.29, 0.717) is 28.7 Å². The first-order chi connectivity index (χ1) is 15.6. The van der Waals surface area contributed by atoms with Gasteiger partial charge < -0.3 is 9.73 Å². The number of nitrogens with one attached hydrogen (secondary N) is 2. The van der Waals surface area contributed by atoms with Gasteiger partial charge in [0.2, 0.25) is 5.91 Å². The molecular weight excluding hydrogens is 424 g/mol. The van der Waals surface area contributed by atoms with Crippen LogP contribution in [0.2, 0.25) is 0 Å². The highest BCUT2D eigenvalue weighted by Gasteiger charge is 2.14. The summed E-state index contributed by atoms with van der Waals surface area (Å²) in [7, 11) is 0. The second-order valence-electron chi connectivity index (χ2n) is 8.10. The van der Waals surface area contributed by atoms with Crippen LogP contribution in [0, 0.1) is 6.92 Å². The van der Waals surface area contributed by atoms with Crippen LogP contribution in [0.4, 0.5) is 5.13 Å². The molecule has 7 nitrogen and oxygen atoms in total. The Kier molecular flexibility index (Phi) is 7.34. The van der Waals surface area contributed by atoms with Gasteiger partial charge in [0.25, 0.3) is 5.91 Å². The summed E-state index contributed by atoms with van der Waals surface area (Å²) in [5.74, 6) is 0.180. The first kappa shape index (κ1) is 22.2. The average Bonchev–Trinajstić information content (AvgIpc) is 3.42. The fraction of sp³-hybridized carbons (Fsp3) is 0.375. The average molecular weight is 453 g/mol. The van der Waals surface area contributed by atoms with Crippen molar-refractivity contribution in [3.05, 3.63) is 70.1 Å². The number of amides is 2. The Hall–Kier alpha value is -2.97. The molecule has 0 unspecified atom stereocenters. The van der Waals surface area contributed by atoms with E-state index in [-0.39, 0.29) is 18.2 Å². The van der Waals surface area contributed by atoms with Crippen molar-refractivity contribution >= 4 is 28.3 Å². The van der Waals surface area contributed by atoms with Gasteiger partial charge in [-0.2, -0.15) is 0 Å². The lowest BCUT2D eigenvalue weighted by molar-refractivity contribution is -0.120. The Morgan fingerprint density at radius 1 is 1.09 bits per heavy atom. The number of carbonyl (C=O) groups excluding carboxylic acids is 2. The van der Waals surface area contributed by atoms with Gasteiger partial charge in [-0.3, -0.25) is 19.8 Å². The lowest BCUT2D eigenvalue weighted by Gasteiger charge is -2.26. The molecule has 3 heterocycles. The number of carbonyl (C=O) groups is 2. The minimum Gasteiger partial charge on any atom is -0.469 e. The lowest BCUT2D eigenvalue weighted by Crippen LogP contribution is -2.29. The van der Waals surface area contributed by atoms with Gasteiger partial charge >= 0.3 is 0 Å². The molecule has 1 aliphatic heterocycles. The van der Waals surface area contributed by atoms with Gasteiger partial charge in [0.1, 0.15) is 5.76 Å². The summed E-state index contributed by atoms with van der Waals surface area (Å²) >= 11 is 1.30. The van der Waals surface area contributed by atoms with Crippen molar-refractivity contribution in [2.75, 3.05) is 18.4 Å². The molecule has 8 heteroatoms. The molecule has 4 rings (SSSR count). The number of nitrogens with zero attached hydrogens (tertiary/aromatic N) is 2. The van der Waals surface area contributed by atoms with Crippen LogP contribution in [0.1, 0.15) is 52.2 Å². The summed E-state index contributed by atoms with van der Waals surface area (Å²) in [4.78, 5) is 31.4. The Morgan fingerprint density at radius 3 is 2.56 bits per heavy atom. The number of rotatable bonds is 8. The predicted molar refractivity (Wildman–Crippen MR) is 125 cm³/mol. The van der Waals surface area contributed by atoms with Gasteiger partial charge in [0.15, 0.2) is 5.13 Å². The minimum absolute atomic E-state index is 0.101. The van der Waals surface area contributed by atoms with Crippen molar-refractivity contribution in [2.24, 2.45) is 0 Å². The number of likely N-dealkylation sites (tertiary alicyclic amines) is 1. The van der Waals surface area contributed by atoms with E-state index in [2.05, 4.69) is 44.8 Å². The smallest absolute Gasteiger partial charge is 0.260 e. The van der Waals surface area contributed by atoms with Crippen LogP contribution in [0.5, 0.6) is 0 Å². The standard InChI is InChI=1S/C24H28N4O3S/c1-17-21(9-12-31-17)23(30)27-24-26-20(16-32-24)13-22(29)25-14-18-5-7-19(8-6-18)15-28-10-3-2-4-11-28/h5-9,12,16H,2-4,10-11,13-15H2,1H3,(H,25,29)(H,26,27,30). The molecule has 1 fully saturated rings. The van der Waals surface area contributed by atoms with E-state index in [1.807, 2.05) is 0 Å². The molecular formula is C24H28N4O3S. The first-order valence-corrected chi connectivity index (χ1v) is 11.8. The van der Waals surface area contributed by atoms with E-state index in [0.717, 1.165) is 12.1 Å². The Bertz CT molecular complexity index is 1050. The molecule has 0 aliphatic carbocycles. The number of furan rings is 1. The summed E-state index contributed by atoms with van der Waals surface area (Å²) in [6, 6.07) is 10.1. The Labute approximate surface area is 191 Å². The monoisotopic (exact) mass is 452 g/mol. The van der Waals surface area contributed by atoms with Gasteiger partial charge in [-0.25, -0.2) is 4.98 Å². The number of benzene rings is 1. The largest absolute Gasteiger partial charge is 0.469 e. The Balaban J connectivity index is 1.22. The van der Waals surface area contributed by atoms with E-state index in [1.165, 1.54) is 55.5 Å². The summed E-state index contributed by atoms with van der Waals surface area (Å²) in [5.41, 5.74) is 3.48. The maximum atomic E-state index is 12.3. The van der Waals surface area contributed by atoms with Crippen LogP contribution < -0.4 is 10.6 Å². The predicted octanol–water partition coefficient (Wildman–Crippen LogP) is 4.14.